The zero-order valence-corrected chi connectivity index (χ0v) is 15.0. The second kappa shape index (κ2) is 7.16. The molecule has 1 fully saturated rings. The number of piperidine rings is 1. The molecular formula is C20H22ClN3O. The van der Waals surface area contributed by atoms with E-state index in [9.17, 15) is 0 Å². The summed E-state index contributed by atoms with van der Waals surface area (Å²) in [4.78, 5) is 10.5. The van der Waals surface area contributed by atoms with Crippen LogP contribution in [0.1, 0.15) is 30.3 Å². The average Bonchev–Trinajstić information content (AvgIpc) is 3.07. The molecule has 1 aliphatic heterocycles. The quantitative estimate of drug-likeness (QED) is 0.753. The molecule has 2 aromatic carbocycles. The molecule has 0 unspecified atom stereocenters. The van der Waals surface area contributed by atoms with Crippen molar-refractivity contribution in [3.05, 3.63) is 64.9 Å². The number of ether oxygens (including phenoxy) is 1. The van der Waals surface area contributed by atoms with Gasteiger partial charge in [-0.3, -0.25) is 0 Å². The number of hydrogen-bond acceptors (Lipinski definition) is 3. The maximum Gasteiger partial charge on any atom is 0.141 e. The number of benzene rings is 2. The van der Waals surface area contributed by atoms with E-state index in [2.05, 4.69) is 29.1 Å². The minimum atomic E-state index is -0.210. The van der Waals surface area contributed by atoms with E-state index in [0.717, 1.165) is 48.4 Å². The molecule has 4 rings (SSSR count). The second-order valence-electron chi connectivity index (χ2n) is 6.69. The van der Waals surface area contributed by atoms with Gasteiger partial charge in [0.1, 0.15) is 17.4 Å². The molecule has 5 heteroatoms. The minimum Gasteiger partial charge on any atom is -0.362 e. The van der Waals surface area contributed by atoms with Crippen LogP contribution in [0.25, 0.3) is 11.0 Å². The molecule has 0 bridgehead atoms. The van der Waals surface area contributed by atoms with Crippen molar-refractivity contribution in [1.29, 1.82) is 0 Å². The molecule has 0 aliphatic carbocycles. The van der Waals surface area contributed by atoms with Crippen LogP contribution in [0.5, 0.6) is 0 Å². The number of para-hydroxylation sites is 1. The predicted molar refractivity (Wildman–Crippen MR) is 101 cm³/mol. The summed E-state index contributed by atoms with van der Waals surface area (Å²) in [7, 11) is 2.16. The smallest absolute Gasteiger partial charge is 0.141 e. The van der Waals surface area contributed by atoms with Gasteiger partial charge < -0.3 is 14.6 Å². The number of halogens is 1. The van der Waals surface area contributed by atoms with E-state index in [1.165, 1.54) is 0 Å². The van der Waals surface area contributed by atoms with Crippen molar-refractivity contribution in [2.75, 3.05) is 20.1 Å². The topological polar surface area (TPSA) is 41.1 Å². The molecule has 0 spiro atoms. The van der Waals surface area contributed by atoms with Crippen LogP contribution in [0.2, 0.25) is 5.02 Å². The van der Waals surface area contributed by atoms with Crippen LogP contribution in [0.4, 0.5) is 0 Å². The van der Waals surface area contributed by atoms with Gasteiger partial charge in [-0.2, -0.15) is 0 Å². The summed E-state index contributed by atoms with van der Waals surface area (Å²) < 4.78 is 6.52. The number of nitrogens with one attached hydrogen (secondary N) is 1. The van der Waals surface area contributed by atoms with E-state index >= 15 is 0 Å². The molecule has 1 saturated heterocycles. The molecular weight excluding hydrogens is 334 g/mol. The first kappa shape index (κ1) is 16.6. The fourth-order valence-electron chi connectivity index (χ4n) is 3.38. The normalized spacial score (nSPS) is 17.8. The summed E-state index contributed by atoms with van der Waals surface area (Å²) >= 11 is 6.30. The number of imidazole rings is 1. The summed E-state index contributed by atoms with van der Waals surface area (Å²) in [5.74, 6) is 0.813. The zero-order valence-electron chi connectivity index (χ0n) is 14.3. The lowest BCUT2D eigenvalue weighted by atomic mass is 10.1. The number of aromatic amines is 1. The van der Waals surface area contributed by atoms with Crippen molar-refractivity contribution in [3.8, 4) is 0 Å². The molecule has 0 saturated carbocycles. The standard InChI is InChI=1S/C20H22ClN3O/c1-24-12-10-15(11-13-24)25-19(14-6-3-2-4-7-14)20-22-17-9-5-8-16(21)18(17)23-20/h2-9,15,19H,10-13H2,1H3,(H,22,23)/t19-/m0/s1. The maximum atomic E-state index is 6.52. The molecule has 0 radical (unpaired) electrons. The van der Waals surface area contributed by atoms with Crippen molar-refractivity contribution < 1.29 is 4.74 Å². The molecule has 130 valence electrons. The summed E-state index contributed by atoms with van der Waals surface area (Å²) in [6.45, 7) is 2.14. The first-order chi connectivity index (χ1) is 12.2. The molecule has 2 heterocycles. The van der Waals surface area contributed by atoms with E-state index in [1.54, 1.807) is 0 Å². The number of H-pyrrole nitrogens is 1. The molecule has 25 heavy (non-hydrogen) atoms. The van der Waals surface area contributed by atoms with Gasteiger partial charge >= 0.3 is 0 Å². The number of likely N-dealkylation sites (tertiary alicyclic amines) is 1. The Morgan fingerprint density at radius 3 is 2.60 bits per heavy atom. The zero-order chi connectivity index (χ0) is 17.2. The molecule has 1 atom stereocenters. The Labute approximate surface area is 152 Å². The lowest BCUT2D eigenvalue weighted by molar-refractivity contribution is -0.0264. The van der Waals surface area contributed by atoms with Crippen molar-refractivity contribution in [3.63, 3.8) is 0 Å². The summed E-state index contributed by atoms with van der Waals surface area (Å²) in [5.41, 5.74) is 2.85. The molecule has 1 N–H and O–H groups in total. The van der Waals surface area contributed by atoms with Gasteiger partial charge in [0.25, 0.3) is 0 Å². The Morgan fingerprint density at radius 2 is 1.88 bits per heavy atom. The third-order valence-corrected chi connectivity index (χ3v) is 5.13. The molecule has 4 nitrogen and oxygen atoms in total. The Hall–Kier alpha value is -1.88. The highest BCUT2D eigenvalue weighted by Crippen LogP contribution is 2.31. The first-order valence-electron chi connectivity index (χ1n) is 8.74. The third kappa shape index (κ3) is 3.56. The Bertz CT molecular complexity index is 841. The number of aromatic nitrogens is 2. The van der Waals surface area contributed by atoms with Gasteiger partial charge in [-0.1, -0.05) is 48.0 Å². The van der Waals surface area contributed by atoms with Crippen LogP contribution in [-0.2, 0) is 4.74 Å². The van der Waals surface area contributed by atoms with Crippen LogP contribution >= 0.6 is 11.6 Å². The predicted octanol–water partition coefficient (Wildman–Crippen LogP) is 4.42. The first-order valence-corrected chi connectivity index (χ1v) is 9.11. The average molecular weight is 356 g/mol. The monoisotopic (exact) mass is 355 g/mol. The fourth-order valence-corrected chi connectivity index (χ4v) is 3.60. The van der Waals surface area contributed by atoms with Gasteiger partial charge in [0.05, 0.1) is 16.6 Å². The number of nitrogens with zero attached hydrogens (tertiary/aromatic N) is 2. The summed E-state index contributed by atoms with van der Waals surface area (Å²) in [6, 6.07) is 16.1. The van der Waals surface area contributed by atoms with Gasteiger partial charge in [0, 0.05) is 13.1 Å². The Balaban J connectivity index is 1.68. The number of fused-ring (bicyclic) bond motifs is 1. The highest BCUT2D eigenvalue weighted by molar-refractivity contribution is 6.34. The van der Waals surface area contributed by atoms with Crippen LogP contribution in [0.15, 0.2) is 48.5 Å². The third-order valence-electron chi connectivity index (χ3n) is 4.83. The van der Waals surface area contributed by atoms with E-state index in [-0.39, 0.29) is 12.2 Å². The van der Waals surface area contributed by atoms with Gasteiger partial charge in [0.15, 0.2) is 0 Å². The minimum absolute atomic E-state index is 0.210. The van der Waals surface area contributed by atoms with Crippen LogP contribution in [-0.4, -0.2) is 41.1 Å². The Kier molecular flexibility index (Phi) is 4.75. The van der Waals surface area contributed by atoms with E-state index in [1.807, 2.05) is 36.4 Å². The Morgan fingerprint density at radius 1 is 1.12 bits per heavy atom. The van der Waals surface area contributed by atoms with Crippen molar-refractivity contribution in [1.82, 2.24) is 14.9 Å². The van der Waals surface area contributed by atoms with E-state index in [4.69, 9.17) is 21.3 Å². The number of rotatable bonds is 4. The molecule has 1 aromatic heterocycles. The molecule has 1 aliphatic rings. The summed E-state index contributed by atoms with van der Waals surface area (Å²) in [5, 5.41) is 0.658. The van der Waals surface area contributed by atoms with Gasteiger partial charge in [-0.05, 0) is 37.6 Å². The van der Waals surface area contributed by atoms with Crippen molar-refractivity contribution in [2.24, 2.45) is 0 Å². The highest BCUT2D eigenvalue weighted by Gasteiger charge is 2.26. The van der Waals surface area contributed by atoms with Crippen LogP contribution < -0.4 is 0 Å². The van der Waals surface area contributed by atoms with Crippen LogP contribution in [0, 0.1) is 0 Å². The molecule has 0 amide bonds. The van der Waals surface area contributed by atoms with E-state index in [0.29, 0.717) is 5.02 Å². The lowest BCUT2D eigenvalue weighted by Crippen LogP contribution is -2.35. The number of hydrogen-bond donors (Lipinski definition) is 1. The van der Waals surface area contributed by atoms with Gasteiger partial charge in [-0.15, -0.1) is 0 Å². The molecule has 3 aromatic rings. The van der Waals surface area contributed by atoms with Crippen molar-refractivity contribution in [2.45, 2.75) is 25.0 Å². The largest absolute Gasteiger partial charge is 0.362 e. The SMILES string of the molecule is CN1CCC(O[C@@H](c2ccccc2)c2nc3c(Cl)cccc3[nH]2)CC1. The maximum absolute atomic E-state index is 6.52. The van der Waals surface area contributed by atoms with Crippen molar-refractivity contribution >= 4 is 22.6 Å². The highest BCUT2D eigenvalue weighted by atomic mass is 35.5. The summed E-state index contributed by atoms with van der Waals surface area (Å²) in [6.07, 6.45) is 2.12. The second-order valence-corrected chi connectivity index (χ2v) is 7.09. The van der Waals surface area contributed by atoms with Gasteiger partial charge in [-0.25, -0.2) is 4.98 Å². The van der Waals surface area contributed by atoms with Gasteiger partial charge in [0.2, 0.25) is 0 Å². The van der Waals surface area contributed by atoms with E-state index < -0.39 is 0 Å². The fraction of sp³-hybridized carbons (Fsp3) is 0.350. The lowest BCUT2D eigenvalue weighted by Gasteiger charge is -2.31. The van der Waals surface area contributed by atoms with Crippen LogP contribution in [0.3, 0.4) is 0 Å².